The summed E-state index contributed by atoms with van der Waals surface area (Å²) in [6, 6.07) is 18.3. The fourth-order valence-corrected chi connectivity index (χ4v) is 4.29. The van der Waals surface area contributed by atoms with Gasteiger partial charge in [-0.2, -0.15) is 0 Å². The van der Waals surface area contributed by atoms with Crippen LogP contribution in [0.5, 0.6) is 5.75 Å². The minimum absolute atomic E-state index is 0.0159. The smallest absolute Gasteiger partial charge is 0.143 e. The summed E-state index contributed by atoms with van der Waals surface area (Å²) >= 11 is 0. The van der Waals surface area contributed by atoms with Gasteiger partial charge in [0.05, 0.1) is 18.7 Å². The molecule has 2 aromatic carbocycles. The van der Waals surface area contributed by atoms with Gasteiger partial charge in [0, 0.05) is 18.1 Å². The number of hydrogen-bond donors (Lipinski definition) is 0. The largest absolute Gasteiger partial charge is 0.497 e. The van der Waals surface area contributed by atoms with E-state index in [1.807, 2.05) is 30.3 Å². The second-order valence-corrected chi connectivity index (χ2v) is 8.28. The zero-order valence-electron chi connectivity index (χ0n) is 16.1. The van der Waals surface area contributed by atoms with Crippen LogP contribution in [0.3, 0.4) is 0 Å². The molecular weight excluding hydrogens is 334 g/mol. The second-order valence-electron chi connectivity index (χ2n) is 8.28. The number of ketones is 1. The van der Waals surface area contributed by atoms with Gasteiger partial charge in [-0.1, -0.05) is 56.3 Å². The van der Waals surface area contributed by atoms with Crippen LogP contribution in [0.25, 0.3) is 5.70 Å². The Morgan fingerprint density at radius 3 is 2.37 bits per heavy atom. The van der Waals surface area contributed by atoms with Crippen molar-refractivity contribution >= 4 is 17.2 Å². The summed E-state index contributed by atoms with van der Waals surface area (Å²) in [5.41, 5.74) is 4.19. The van der Waals surface area contributed by atoms with E-state index in [1.54, 1.807) is 7.11 Å². The Morgan fingerprint density at radius 2 is 1.70 bits per heavy atom. The van der Waals surface area contributed by atoms with Gasteiger partial charge < -0.3 is 4.74 Å². The first-order valence-corrected chi connectivity index (χ1v) is 9.48. The fourth-order valence-electron chi connectivity index (χ4n) is 4.29. The van der Waals surface area contributed by atoms with Gasteiger partial charge in [-0.25, -0.2) is 0 Å². The van der Waals surface area contributed by atoms with Gasteiger partial charge in [0.2, 0.25) is 0 Å². The molecule has 1 fully saturated rings. The van der Waals surface area contributed by atoms with Crippen LogP contribution in [0.2, 0.25) is 0 Å². The highest BCUT2D eigenvalue weighted by molar-refractivity contribution is 6.11. The molecule has 138 valence electrons. The number of hydrogen-bond acceptors (Lipinski definition) is 3. The molecular formula is C24H25NO2. The van der Waals surface area contributed by atoms with Gasteiger partial charge >= 0.3 is 0 Å². The van der Waals surface area contributed by atoms with Crippen molar-refractivity contribution in [2.75, 3.05) is 7.11 Å². The molecule has 4 rings (SSSR count). The molecule has 2 aromatic rings. The number of ether oxygens (including phenoxy) is 1. The zero-order valence-corrected chi connectivity index (χ0v) is 16.1. The SMILES string of the molecule is COc1ccc(C2C=C(c3ccccc3)N=C3CC(C)(C)CC(=O)C32)cc1. The monoisotopic (exact) mass is 359 g/mol. The highest BCUT2D eigenvalue weighted by Gasteiger charge is 2.43. The molecule has 2 unspecified atom stereocenters. The number of allylic oxidation sites excluding steroid dienone is 1. The maximum Gasteiger partial charge on any atom is 0.143 e. The van der Waals surface area contributed by atoms with E-state index in [9.17, 15) is 4.79 Å². The van der Waals surface area contributed by atoms with E-state index >= 15 is 0 Å². The summed E-state index contributed by atoms with van der Waals surface area (Å²) in [6.07, 6.45) is 3.64. The molecule has 0 radical (unpaired) electrons. The van der Waals surface area contributed by atoms with E-state index in [0.29, 0.717) is 12.2 Å². The van der Waals surface area contributed by atoms with Gasteiger partial charge in [-0.05, 0) is 41.2 Å². The summed E-state index contributed by atoms with van der Waals surface area (Å²) in [6.45, 7) is 4.32. The Hall–Kier alpha value is -2.68. The average molecular weight is 359 g/mol. The molecule has 0 aromatic heterocycles. The van der Waals surface area contributed by atoms with E-state index < -0.39 is 0 Å². The molecule has 0 saturated heterocycles. The quantitative estimate of drug-likeness (QED) is 0.748. The molecule has 27 heavy (non-hydrogen) atoms. The minimum Gasteiger partial charge on any atom is -0.497 e. The lowest BCUT2D eigenvalue weighted by Crippen LogP contribution is -2.41. The predicted octanol–water partition coefficient (Wildman–Crippen LogP) is 5.28. The van der Waals surface area contributed by atoms with Crippen molar-refractivity contribution < 1.29 is 9.53 Å². The van der Waals surface area contributed by atoms with E-state index in [1.165, 1.54) is 0 Å². The first kappa shape index (κ1) is 17.7. The van der Waals surface area contributed by atoms with E-state index in [0.717, 1.165) is 34.7 Å². The van der Waals surface area contributed by atoms with E-state index in [4.69, 9.17) is 9.73 Å². The predicted molar refractivity (Wildman–Crippen MR) is 109 cm³/mol. The summed E-state index contributed by atoms with van der Waals surface area (Å²) < 4.78 is 5.30. The normalized spacial score (nSPS) is 23.9. The summed E-state index contributed by atoms with van der Waals surface area (Å²) in [5, 5.41) is 0. The zero-order chi connectivity index (χ0) is 19.0. The molecule has 0 amide bonds. The number of benzene rings is 2. The summed E-state index contributed by atoms with van der Waals surface area (Å²) in [7, 11) is 1.67. The molecule has 0 bridgehead atoms. The van der Waals surface area contributed by atoms with Crippen molar-refractivity contribution in [1.29, 1.82) is 0 Å². The first-order valence-electron chi connectivity index (χ1n) is 9.48. The van der Waals surface area contributed by atoms with Gasteiger partial charge in [0.25, 0.3) is 0 Å². The van der Waals surface area contributed by atoms with Crippen molar-refractivity contribution in [2.45, 2.75) is 32.6 Å². The molecule has 0 N–H and O–H groups in total. The Balaban J connectivity index is 1.81. The number of aliphatic imine (C=N–C) groups is 1. The fraction of sp³-hybridized carbons (Fsp3) is 0.333. The lowest BCUT2D eigenvalue weighted by Gasteiger charge is -2.39. The van der Waals surface area contributed by atoms with Gasteiger partial charge in [-0.3, -0.25) is 9.79 Å². The van der Waals surface area contributed by atoms with Crippen LogP contribution in [0, 0.1) is 11.3 Å². The molecule has 0 spiro atoms. The molecule has 2 aliphatic rings. The Morgan fingerprint density at radius 1 is 1.00 bits per heavy atom. The molecule has 1 heterocycles. The molecule has 1 saturated carbocycles. The number of fused-ring (bicyclic) bond motifs is 1. The second kappa shape index (κ2) is 6.80. The Bertz CT molecular complexity index is 907. The van der Waals surface area contributed by atoms with Crippen LogP contribution in [-0.2, 0) is 4.79 Å². The third kappa shape index (κ3) is 3.46. The van der Waals surface area contributed by atoms with Crippen LogP contribution < -0.4 is 4.74 Å². The standard InChI is InChI=1S/C24H25NO2/c1-24(2)14-21-23(22(26)15-24)19(16-9-11-18(27-3)12-10-16)13-20(25-21)17-7-5-4-6-8-17/h4-13,19,23H,14-15H2,1-3H3. The first-order chi connectivity index (χ1) is 13.0. The van der Waals surface area contributed by atoms with Gasteiger partial charge in [0.1, 0.15) is 11.5 Å². The van der Waals surface area contributed by atoms with E-state index in [-0.39, 0.29) is 17.3 Å². The van der Waals surface area contributed by atoms with E-state index in [2.05, 4.69) is 44.2 Å². The Labute approximate surface area is 160 Å². The topological polar surface area (TPSA) is 38.7 Å². The number of carbonyl (C=O) groups is 1. The van der Waals surface area contributed by atoms with Crippen LogP contribution in [0.15, 0.2) is 65.7 Å². The van der Waals surface area contributed by atoms with Crippen molar-refractivity contribution in [1.82, 2.24) is 0 Å². The van der Waals surface area contributed by atoms with Gasteiger partial charge in [0.15, 0.2) is 0 Å². The number of carbonyl (C=O) groups excluding carboxylic acids is 1. The van der Waals surface area contributed by atoms with Crippen LogP contribution in [0.4, 0.5) is 0 Å². The van der Waals surface area contributed by atoms with Crippen molar-refractivity contribution in [2.24, 2.45) is 16.3 Å². The maximum atomic E-state index is 13.1. The third-order valence-electron chi connectivity index (χ3n) is 5.55. The van der Waals surface area contributed by atoms with Crippen molar-refractivity contribution in [3.8, 4) is 5.75 Å². The summed E-state index contributed by atoms with van der Waals surface area (Å²) in [5.74, 6) is 0.988. The highest BCUT2D eigenvalue weighted by Crippen LogP contribution is 2.45. The van der Waals surface area contributed by atoms with Crippen LogP contribution >= 0.6 is 0 Å². The maximum absolute atomic E-state index is 13.1. The third-order valence-corrected chi connectivity index (χ3v) is 5.55. The number of Topliss-reactive ketones (excluding diaryl/α,β-unsaturated/α-hetero) is 1. The molecule has 3 nitrogen and oxygen atoms in total. The van der Waals surface area contributed by atoms with Crippen molar-refractivity contribution in [3.63, 3.8) is 0 Å². The van der Waals surface area contributed by atoms with Gasteiger partial charge in [-0.15, -0.1) is 0 Å². The molecule has 1 aliphatic carbocycles. The lowest BCUT2D eigenvalue weighted by molar-refractivity contribution is -0.124. The summed E-state index contributed by atoms with van der Waals surface area (Å²) in [4.78, 5) is 18.0. The van der Waals surface area contributed by atoms with Crippen molar-refractivity contribution in [3.05, 3.63) is 71.8 Å². The molecule has 3 heteroatoms. The molecule has 1 aliphatic heterocycles. The average Bonchev–Trinajstić information content (AvgIpc) is 2.67. The molecule has 2 atom stereocenters. The minimum atomic E-state index is -0.154. The number of methoxy groups -OCH3 is 1. The number of nitrogens with zero attached hydrogens (tertiary/aromatic N) is 1. The lowest BCUT2D eigenvalue weighted by atomic mass is 9.65. The van der Waals surface area contributed by atoms with Crippen LogP contribution in [0.1, 0.15) is 43.7 Å². The Kier molecular flexibility index (Phi) is 4.47. The highest BCUT2D eigenvalue weighted by atomic mass is 16.5. The van der Waals surface area contributed by atoms with Crippen LogP contribution in [-0.4, -0.2) is 18.6 Å². The number of rotatable bonds is 3.